The van der Waals surface area contributed by atoms with E-state index in [0.717, 1.165) is 0 Å². The fourth-order valence-corrected chi connectivity index (χ4v) is 5.30. The molecule has 17 heavy (non-hydrogen) atoms. The van der Waals surface area contributed by atoms with E-state index in [1.54, 1.807) is 0 Å². The van der Waals surface area contributed by atoms with Crippen LogP contribution in [0.2, 0.25) is 8.25 Å². The summed E-state index contributed by atoms with van der Waals surface area (Å²) < 4.78 is 0.668. The van der Waals surface area contributed by atoms with Gasteiger partial charge >= 0.3 is 99.8 Å². The van der Waals surface area contributed by atoms with Gasteiger partial charge in [0.2, 0.25) is 0 Å². The predicted octanol–water partition coefficient (Wildman–Crippen LogP) is -1.53. The van der Waals surface area contributed by atoms with Crippen LogP contribution in [0.4, 0.5) is 0 Å². The fourth-order valence-electron chi connectivity index (χ4n) is 2.37. The Bertz CT molecular complexity index is 368. The second-order valence-corrected chi connectivity index (χ2v) is 8.37. The van der Waals surface area contributed by atoms with Gasteiger partial charge in [0.15, 0.2) is 0 Å². The Hall–Kier alpha value is 0.124. The fraction of sp³-hybridized carbons (Fsp3) is 0.429. The summed E-state index contributed by atoms with van der Waals surface area (Å²) in [5, 5.41) is 0. The number of halogens is 2. The Balaban J connectivity index is 0.00000128. The van der Waals surface area contributed by atoms with Crippen LogP contribution in [0.15, 0.2) is 47.6 Å². The minimum Gasteiger partial charge on any atom is -1.00 e. The van der Waals surface area contributed by atoms with Crippen molar-refractivity contribution < 1.29 is 41.1 Å². The van der Waals surface area contributed by atoms with Gasteiger partial charge in [-0.2, -0.15) is 0 Å². The summed E-state index contributed by atoms with van der Waals surface area (Å²) in [4.78, 5) is 0. The Morgan fingerprint density at radius 3 is 1.41 bits per heavy atom. The summed E-state index contributed by atoms with van der Waals surface area (Å²) in [5.74, 6) is 0. The Morgan fingerprint density at radius 2 is 1.18 bits per heavy atom. The largest absolute Gasteiger partial charge is 1.00 e. The van der Waals surface area contributed by atoms with Gasteiger partial charge in [-0.25, -0.2) is 0 Å². The van der Waals surface area contributed by atoms with Gasteiger partial charge < -0.3 is 24.8 Å². The summed E-state index contributed by atoms with van der Waals surface area (Å²) >= 11 is 0.232. The second kappa shape index (κ2) is 5.84. The Morgan fingerprint density at radius 1 is 0.824 bits per heavy atom. The quantitative estimate of drug-likeness (QED) is 0.580. The minimum atomic E-state index is 0. The predicted molar refractivity (Wildman–Crippen MR) is 62.5 cm³/mol. The molecule has 0 fully saturated rings. The molecule has 3 heteroatoms. The minimum absolute atomic E-state index is 0. The van der Waals surface area contributed by atoms with Crippen LogP contribution in [0, 0.1) is 0 Å². The molecule has 0 bridgehead atoms. The molecule has 0 radical (unpaired) electrons. The van der Waals surface area contributed by atoms with Gasteiger partial charge in [-0.05, 0) is 0 Å². The third-order valence-electron chi connectivity index (χ3n) is 2.89. The molecule has 2 rings (SSSR count). The van der Waals surface area contributed by atoms with Crippen LogP contribution < -0.4 is 24.8 Å². The molecule has 0 saturated heterocycles. The molecule has 2 unspecified atom stereocenters. The van der Waals surface area contributed by atoms with Crippen molar-refractivity contribution in [1.82, 2.24) is 0 Å². The number of rotatable bonds is 2. The second-order valence-electron chi connectivity index (χ2n) is 5.01. The smallest absolute Gasteiger partial charge is 1.00 e. The topological polar surface area (TPSA) is 0 Å². The van der Waals surface area contributed by atoms with Gasteiger partial charge in [-0.15, -0.1) is 0 Å². The molecule has 0 amide bonds. The van der Waals surface area contributed by atoms with E-state index in [1.807, 2.05) is 0 Å². The Labute approximate surface area is 124 Å². The molecule has 2 aliphatic carbocycles. The first-order valence-electron chi connectivity index (χ1n) is 5.42. The zero-order valence-electron chi connectivity index (χ0n) is 10.7. The molecule has 2 aliphatic rings. The van der Waals surface area contributed by atoms with Crippen molar-refractivity contribution in [3.63, 3.8) is 0 Å². The summed E-state index contributed by atoms with van der Waals surface area (Å²) in [7, 11) is 0. The summed E-state index contributed by atoms with van der Waals surface area (Å²) in [6.07, 6.45) is 14.1. The first kappa shape index (κ1) is 17.1. The summed E-state index contributed by atoms with van der Waals surface area (Å²) in [6.45, 7) is 9.11. The van der Waals surface area contributed by atoms with Gasteiger partial charge in [0.25, 0.3) is 0 Å². The molecule has 0 aromatic heterocycles. The maximum atomic E-state index is 2.42. The first-order valence-corrected chi connectivity index (χ1v) is 6.82. The van der Waals surface area contributed by atoms with Crippen molar-refractivity contribution in [1.29, 1.82) is 0 Å². The van der Waals surface area contributed by atoms with Crippen molar-refractivity contribution >= 4 is 0 Å². The van der Waals surface area contributed by atoms with Gasteiger partial charge in [0.05, 0.1) is 0 Å². The normalized spacial score (nSPS) is 33.4. The van der Waals surface area contributed by atoms with Crippen molar-refractivity contribution in [3.8, 4) is 0 Å². The molecule has 0 nitrogen and oxygen atoms in total. The third-order valence-corrected chi connectivity index (χ3v) is 5.26. The molecular weight excluding hydrogens is 290 g/mol. The van der Waals surface area contributed by atoms with E-state index in [1.165, 1.54) is 11.1 Å². The molecule has 0 aromatic carbocycles. The Kier molecular flexibility index (Phi) is 5.89. The van der Waals surface area contributed by atoms with E-state index >= 15 is 0 Å². The average Bonchev–Trinajstić information content (AvgIpc) is 2.57. The molecular formula is C14H18Cl2V. The van der Waals surface area contributed by atoms with E-state index in [-0.39, 0.29) is 41.1 Å². The van der Waals surface area contributed by atoms with Crippen LogP contribution in [0.5, 0.6) is 0 Å². The van der Waals surface area contributed by atoms with Gasteiger partial charge in [0.1, 0.15) is 0 Å². The molecule has 93 valence electrons. The molecule has 0 N–H and O–H groups in total. The maximum absolute atomic E-state index is 2.42. The van der Waals surface area contributed by atoms with E-state index in [0.29, 0.717) is 8.25 Å². The number of hydrogen-bond donors (Lipinski definition) is 0. The van der Waals surface area contributed by atoms with Gasteiger partial charge in [0, 0.05) is 0 Å². The van der Waals surface area contributed by atoms with Gasteiger partial charge in [-0.3, -0.25) is 0 Å². The standard InChI is InChI=1S/2C7H9.2ClH.V/c2*1-6-3-4-7(2)5-6;;;/h2*3-5H,1-2H3;2*1H;/q;;;;+2/p-2. The van der Waals surface area contributed by atoms with E-state index in [2.05, 4.69) is 64.2 Å². The zero-order chi connectivity index (χ0) is 11.1. The molecule has 2 atom stereocenters. The van der Waals surface area contributed by atoms with Crippen LogP contribution in [0.25, 0.3) is 0 Å². The van der Waals surface area contributed by atoms with Gasteiger partial charge in [-0.1, -0.05) is 0 Å². The van der Waals surface area contributed by atoms with Crippen LogP contribution in [0.3, 0.4) is 0 Å². The molecule has 0 saturated carbocycles. The zero-order valence-corrected chi connectivity index (χ0v) is 13.6. The maximum Gasteiger partial charge on any atom is -1.00 e. The van der Waals surface area contributed by atoms with Crippen molar-refractivity contribution in [2.45, 2.75) is 35.9 Å². The summed E-state index contributed by atoms with van der Waals surface area (Å²) in [5.41, 5.74) is 2.83. The van der Waals surface area contributed by atoms with Crippen molar-refractivity contribution in [2.24, 2.45) is 0 Å². The third kappa shape index (κ3) is 4.07. The first-order chi connectivity index (χ1) is 6.91. The van der Waals surface area contributed by atoms with Crippen LogP contribution in [-0.4, -0.2) is 0 Å². The van der Waals surface area contributed by atoms with E-state index < -0.39 is 0 Å². The summed E-state index contributed by atoms with van der Waals surface area (Å²) in [6, 6.07) is 0. The van der Waals surface area contributed by atoms with E-state index in [4.69, 9.17) is 0 Å². The average molecular weight is 308 g/mol. The number of hydrogen-bond acceptors (Lipinski definition) is 0. The molecule has 0 heterocycles. The number of allylic oxidation sites excluding steroid dienone is 8. The van der Waals surface area contributed by atoms with Crippen molar-refractivity contribution in [3.05, 3.63) is 47.6 Å². The van der Waals surface area contributed by atoms with E-state index in [9.17, 15) is 0 Å². The molecule has 0 aromatic rings. The molecule has 0 spiro atoms. The van der Waals surface area contributed by atoms with Crippen LogP contribution >= 0.6 is 0 Å². The van der Waals surface area contributed by atoms with Crippen LogP contribution in [0.1, 0.15) is 27.7 Å². The molecule has 0 aliphatic heterocycles. The van der Waals surface area contributed by atoms with Crippen molar-refractivity contribution in [2.75, 3.05) is 0 Å². The monoisotopic (exact) mass is 307 g/mol. The SMILES string of the molecule is CC1=C[C](C)([V+2][C]2(C)C=CC(C)=C2)C=C1.[Cl-].[Cl-]. The van der Waals surface area contributed by atoms with Crippen LogP contribution in [-0.2, 0) is 16.3 Å².